The largest absolute Gasteiger partial charge is 0.437 e. The van der Waals surface area contributed by atoms with Crippen molar-refractivity contribution in [1.82, 2.24) is 9.97 Å². The normalized spacial score (nSPS) is 10.6. The maximum absolute atomic E-state index is 6.04. The van der Waals surface area contributed by atoms with Crippen LogP contribution >= 0.6 is 34.8 Å². The Morgan fingerprint density at radius 3 is 2.32 bits per heavy atom. The van der Waals surface area contributed by atoms with Crippen LogP contribution in [0.3, 0.4) is 0 Å². The number of halogens is 3. The summed E-state index contributed by atoms with van der Waals surface area (Å²) in [5, 5.41) is 1.04. The number of nitrogens with zero attached hydrogens (tertiary/aromatic N) is 2. The highest BCUT2D eigenvalue weighted by Crippen LogP contribution is 2.37. The maximum atomic E-state index is 6.04. The number of ether oxygens (including phenoxy) is 1. The summed E-state index contributed by atoms with van der Waals surface area (Å²) < 4.78 is 5.63. The van der Waals surface area contributed by atoms with Crippen LogP contribution in [0.25, 0.3) is 0 Å². The summed E-state index contributed by atoms with van der Waals surface area (Å²) in [6.07, 6.45) is 0. The molecular formula is C12H10Cl3N3O. The Morgan fingerprint density at radius 1 is 1.00 bits per heavy atom. The van der Waals surface area contributed by atoms with Crippen molar-refractivity contribution in [1.29, 1.82) is 0 Å². The third-order valence-corrected chi connectivity index (χ3v) is 3.45. The third-order valence-electron chi connectivity index (χ3n) is 2.43. The van der Waals surface area contributed by atoms with Gasteiger partial charge in [0, 0.05) is 6.07 Å². The van der Waals surface area contributed by atoms with E-state index in [1.807, 2.05) is 0 Å². The quantitative estimate of drug-likeness (QED) is 0.832. The van der Waals surface area contributed by atoms with E-state index in [0.29, 0.717) is 43.9 Å². The lowest BCUT2D eigenvalue weighted by molar-refractivity contribution is 0.456. The summed E-state index contributed by atoms with van der Waals surface area (Å²) in [4.78, 5) is 8.21. The van der Waals surface area contributed by atoms with Crippen molar-refractivity contribution in [2.75, 3.05) is 5.73 Å². The molecule has 1 aromatic carbocycles. The van der Waals surface area contributed by atoms with Crippen LogP contribution in [-0.2, 0) is 0 Å². The number of hydrogen-bond acceptors (Lipinski definition) is 4. The van der Waals surface area contributed by atoms with Crippen LogP contribution in [0.5, 0.6) is 11.6 Å². The molecule has 0 unspecified atom stereocenters. The lowest BCUT2D eigenvalue weighted by atomic mass is 10.3. The summed E-state index contributed by atoms with van der Waals surface area (Å²) in [6, 6.07) is 3.03. The lowest BCUT2D eigenvalue weighted by Gasteiger charge is -2.11. The number of aryl methyl sites for hydroxylation is 1. The van der Waals surface area contributed by atoms with Gasteiger partial charge in [0.05, 0.1) is 20.6 Å². The minimum absolute atomic E-state index is 0.337. The molecule has 100 valence electrons. The standard InChI is InChI=1S/C12H10Cl3N3O/c1-5-11(16)17-6(2)18-12(5)19-10-4-8(14)7(13)3-9(10)15/h3-4H,1-2H3,(H2,16,17,18). The molecule has 0 aliphatic rings. The van der Waals surface area contributed by atoms with E-state index in [1.54, 1.807) is 13.8 Å². The zero-order valence-corrected chi connectivity index (χ0v) is 12.4. The first kappa shape index (κ1) is 14.2. The predicted molar refractivity (Wildman–Crippen MR) is 77.5 cm³/mol. The highest BCUT2D eigenvalue weighted by molar-refractivity contribution is 6.43. The van der Waals surface area contributed by atoms with Crippen molar-refractivity contribution >= 4 is 40.6 Å². The van der Waals surface area contributed by atoms with E-state index < -0.39 is 0 Å². The van der Waals surface area contributed by atoms with Crippen LogP contribution in [0.2, 0.25) is 15.1 Å². The molecule has 0 amide bonds. The van der Waals surface area contributed by atoms with Crippen molar-refractivity contribution in [3.63, 3.8) is 0 Å². The fraction of sp³-hybridized carbons (Fsp3) is 0.167. The van der Waals surface area contributed by atoms with Gasteiger partial charge in [-0.3, -0.25) is 0 Å². The summed E-state index contributed by atoms with van der Waals surface area (Å²) in [5.74, 6) is 1.56. The van der Waals surface area contributed by atoms with Gasteiger partial charge in [0.1, 0.15) is 17.4 Å². The number of nitrogens with two attached hydrogens (primary N) is 1. The molecule has 0 radical (unpaired) electrons. The molecule has 0 fully saturated rings. The SMILES string of the molecule is Cc1nc(N)c(C)c(Oc2cc(Cl)c(Cl)cc2Cl)n1. The molecule has 0 aliphatic heterocycles. The predicted octanol–water partition coefficient (Wildman–Crippen LogP) is 4.43. The fourth-order valence-electron chi connectivity index (χ4n) is 1.41. The van der Waals surface area contributed by atoms with Gasteiger partial charge in [0.15, 0.2) is 0 Å². The first-order valence-electron chi connectivity index (χ1n) is 5.31. The van der Waals surface area contributed by atoms with Crippen molar-refractivity contribution in [2.24, 2.45) is 0 Å². The van der Waals surface area contributed by atoms with Gasteiger partial charge >= 0.3 is 0 Å². The average Bonchev–Trinajstić information content (AvgIpc) is 2.32. The number of rotatable bonds is 2. The maximum Gasteiger partial charge on any atom is 0.227 e. The minimum atomic E-state index is 0.337. The molecule has 0 spiro atoms. The van der Waals surface area contributed by atoms with Crippen molar-refractivity contribution < 1.29 is 4.74 Å². The van der Waals surface area contributed by atoms with Crippen LogP contribution in [0.4, 0.5) is 5.82 Å². The molecule has 0 bridgehead atoms. The topological polar surface area (TPSA) is 61.0 Å². The van der Waals surface area contributed by atoms with Crippen LogP contribution < -0.4 is 10.5 Å². The Balaban J connectivity index is 2.44. The van der Waals surface area contributed by atoms with Crippen LogP contribution in [0.1, 0.15) is 11.4 Å². The van der Waals surface area contributed by atoms with Crippen molar-refractivity contribution in [3.8, 4) is 11.6 Å². The highest BCUT2D eigenvalue weighted by atomic mass is 35.5. The first-order chi connectivity index (χ1) is 8.88. The smallest absolute Gasteiger partial charge is 0.227 e. The molecule has 7 heteroatoms. The Labute approximate surface area is 125 Å². The van der Waals surface area contributed by atoms with Crippen molar-refractivity contribution in [2.45, 2.75) is 13.8 Å². The number of anilines is 1. The number of nitrogen functional groups attached to an aromatic ring is 1. The van der Waals surface area contributed by atoms with Gasteiger partial charge in [0.2, 0.25) is 5.88 Å². The third kappa shape index (κ3) is 3.03. The van der Waals surface area contributed by atoms with Gasteiger partial charge in [0.25, 0.3) is 0 Å². The summed E-state index contributed by atoms with van der Waals surface area (Å²) >= 11 is 17.8. The molecule has 2 rings (SSSR count). The fourth-order valence-corrected chi connectivity index (χ4v) is 1.98. The molecule has 1 heterocycles. The Hall–Kier alpha value is -1.23. The number of hydrogen-bond donors (Lipinski definition) is 1. The molecule has 0 saturated carbocycles. The average molecular weight is 319 g/mol. The molecule has 4 nitrogen and oxygen atoms in total. The second kappa shape index (κ2) is 5.41. The molecule has 0 aliphatic carbocycles. The molecule has 0 atom stereocenters. The van der Waals surface area contributed by atoms with Gasteiger partial charge in [-0.2, -0.15) is 4.98 Å². The zero-order valence-electron chi connectivity index (χ0n) is 10.2. The molecule has 1 aromatic heterocycles. The second-order valence-electron chi connectivity index (χ2n) is 3.89. The van der Waals surface area contributed by atoms with E-state index in [2.05, 4.69) is 9.97 Å². The van der Waals surface area contributed by atoms with E-state index in [9.17, 15) is 0 Å². The monoisotopic (exact) mass is 317 g/mol. The van der Waals surface area contributed by atoms with Crippen LogP contribution in [0, 0.1) is 13.8 Å². The number of benzene rings is 1. The Kier molecular flexibility index (Phi) is 4.04. The first-order valence-corrected chi connectivity index (χ1v) is 6.45. The van der Waals surface area contributed by atoms with Gasteiger partial charge < -0.3 is 10.5 Å². The van der Waals surface area contributed by atoms with Gasteiger partial charge in [-0.1, -0.05) is 34.8 Å². The molecule has 19 heavy (non-hydrogen) atoms. The summed E-state index contributed by atoms with van der Waals surface area (Å²) in [6.45, 7) is 3.48. The van der Waals surface area contributed by atoms with Gasteiger partial charge in [-0.15, -0.1) is 0 Å². The summed E-state index contributed by atoms with van der Waals surface area (Å²) in [7, 11) is 0. The van der Waals surface area contributed by atoms with E-state index in [-0.39, 0.29) is 0 Å². The van der Waals surface area contributed by atoms with E-state index in [4.69, 9.17) is 45.3 Å². The zero-order chi connectivity index (χ0) is 14.2. The molecule has 2 N–H and O–H groups in total. The Bertz CT molecular complexity index is 647. The molecule has 0 saturated heterocycles. The van der Waals surface area contributed by atoms with Crippen LogP contribution in [-0.4, -0.2) is 9.97 Å². The second-order valence-corrected chi connectivity index (χ2v) is 5.11. The summed E-state index contributed by atoms with van der Waals surface area (Å²) in [5.41, 5.74) is 6.39. The van der Waals surface area contributed by atoms with Crippen molar-refractivity contribution in [3.05, 3.63) is 38.6 Å². The van der Waals surface area contributed by atoms with Gasteiger partial charge in [-0.05, 0) is 19.9 Å². The molecule has 2 aromatic rings. The van der Waals surface area contributed by atoms with E-state index in [1.165, 1.54) is 12.1 Å². The van der Waals surface area contributed by atoms with Gasteiger partial charge in [-0.25, -0.2) is 4.98 Å². The molecular weight excluding hydrogens is 309 g/mol. The minimum Gasteiger partial charge on any atom is -0.437 e. The Morgan fingerprint density at radius 2 is 1.63 bits per heavy atom. The lowest BCUT2D eigenvalue weighted by Crippen LogP contribution is -2.02. The highest BCUT2D eigenvalue weighted by Gasteiger charge is 2.13. The van der Waals surface area contributed by atoms with Crippen LogP contribution in [0.15, 0.2) is 12.1 Å². The van der Waals surface area contributed by atoms with E-state index in [0.717, 1.165) is 0 Å². The number of aromatic nitrogens is 2. The van der Waals surface area contributed by atoms with E-state index >= 15 is 0 Å².